The molecule has 3 rings (SSSR count). The van der Waals surface area contributed by atoms with Gasteiger partial charge in [0.05, 0.1) is 24.2 Å². The summed E-state index contributed by atoms with van der Waals surface area (Å²) in [5.74, 6) is -0.415. The molecule has 0 amide bonds. The first kappa shape index (κ1) is 18.9. The van der Waals surface area contributed by atoms with Crippen LogP contribution in [0.1, 0.15) is 11.1 Å². The molecule has 0 aliphatic rings. The Morgan fingerprint density at radius 3 is 2.22 bits per heavy atom. The van der Waals surface area contributed by atoms with Crippen LogP contribution in [0.3, 0.4) is 0 Å². The van der Waals surface area contributed by atoms with Gasteiger partial charge in [-0.05, 0) is 48.9 Å². The second-order valence-corrected chi connectivity index (χ2v) is 7.99. The first-order valence-corrected chi connectivity index (χ1v) is 9.82. The van der Waals surface area contributed by atoms with Gasteiger partial charge in [0, 0.05) is 0 Å². The van der Waals surface area contributed by atoms with Crippen LogP contribution in [0, 0.1) is 12.7 Å². The fraction of sp³-hybridized carbons (Fsp3) is 0.143. The number of methoxy groups -OCH3 is 1. The quantitative estimate of drug-likeness (QED) is 0.626. The fourth-order valence-corrected chi connectivity index (χ4v) is 4.17. The number of rotatable bonds is 6. The Bertz CT molecular complexity index is 1020. The van der Waals surface area contributed by atoms with Gasteiger partial charge in [-0.3, -0.25) is 4.31 Å². The summed E-state index contributed by atoms with van der Waals surface area (Å²) in [4.78, 5) is 0.186. The smallest absolute Gasteiger partial charge is 0.264 e. The molecule has 4 nitrogen and oxygen atoms in total. The van der Waals surface area contributed by atoms with Crippen LogP contribution in [0.25, 0.3) is 0 Å². The number of anilines is 1. The molecule has 0 aromatic heterocycles. The van der Waals surface area contributed by atoms with E-state index in [1.54, 1.807) is 54.6 Å². The van der Waals surface area contributed by atoms with Crippen molar-refractivity contribution in [1.29, 1.82) is 0 Å². The Morgan fingerprint density at radius 1 is 0.963 bits per heavy atom. The molecule has 3 aromatic carbocycles. The molecule has 0 heterocycles. The molecule has 0 saturated carbocycles. The van der Waals surface area contributed by atoms with Crippen molar-refractivity contribution in [3.63, 3.8) is 0 Å². The fourth-order valence-electron chi connectivity index (χ4n) is 2.72. The summed E-state index contributed by atoms with van der Waals surface area (Å²) < 4.78 is 46.8. The molecule has 0 aliphatic carbocycles. The van der Waals surface area contributed by atoms with Crippen LogP contribution in [0.5, 0.6) is 5.75 Å². The summed E-state index contributed by atoms with van der Waals surface area (Å²) in [5, 5.41) is 0. The van der Waals surface area contributed by atoms with Crippen molar-refractivity contribution in [2.24, 2.45) is 0 Å². The Labute approximate surface area is 158 Å². The van der Waals surface area contributed by atoms with E-state index in [-0.39, 0.29) is 17.2 Å². The van der Waals surface area contributed by atoms with Crippen LogP contribution in [-0.4, -0.2) is 15.5 Å². The van der Waals surface area contributed by atoms with E-state index in [0.29, 0.717) is 11.3 Å². The molecular formula is C21H20FNO3S. The summed E-state index contributed by atoms with van der Waals surface area (Å²) >= 11 is 0. The van der Waals surface area contributed by atoms with E-state index in [0.717, 1.165) is 5.56 Å². The van der Waals surface area contributed by atoms with E-state index in [2.05, 4.69) is 0 Å². The SMILES string of the molecule is COc1ccc(CN(c2ccccc2)S(=O)(=O)c2ccc(C)cc2)cc1F. The van der Waals surface area contributed by atoms with Gasteiger partial charge in [0.25, 0.3) is 10.0 Å². The average Bonchev–Trinajstić information content (AvgIpc) is 2.67. The molecular weight excluding hydrogens is 365 g/mol. The van der Waals surface area contributed by atoms with Crippen molar-refractivity contribution in [3.8, 4) is 5.75 Å². The molecule has 0 aliphatic heterocycles. The minimum Gasteiger partial charge on any atom is -0.494 e. The monoisotopic (exact) mass is 385 g/mol. The Morgan fingerprint density at radius 2 is 1.63 bits per heavy atom. The van der Waals surface area contributed by atoms with Gasteiger partial charge in [-0.25, -0.2) is 12.8 Å². The van der Waals surface area contributed by atoms with Crippen LogP contribution in [0.4, 0.5) is 10.1 Å². The van der Waals surface area contributed by atoms with Crippen molar-refractivity contribution in [2.45, 2.75) is 18.4 Å². The van der Waals surface area contributed by atoms with Crippen molar-refractivity contribution in [1.82, 2.24) is 0 Å². The van der Waals surface area contributed by atoms with Gasteiger partial charge in [-0.2, -0.15) is 0 Å². The summed E-state index contributed by atoms with van der Waals surface area (Å²) in [6.07, 6.45) is 0. The first-order valence-electron chi connectivity index (χ1n) is 8.38. The molecule has 0 fully saturated rings. The van der Waals surface area contributed by atoms with Gasteiger partial charge in [-0.1, -0.05) is 42.0 Å². The lowest BCUT2D eigenvalue weighted by molar-refractivity contribution is 0.386. The third-order valence-electron chi connectivity index (χ3n) is 4.20. The summed E-state index contributed by atoms with van der Waals surface area (Å²) in [7, 11) is -2.43. The highest BCUT2D eigenvalue weighted by molar-refractivity contribution is 7.92. The van der Waals surface area contributed by atoms with Crippen LogP contribution in [0.15, 0.2) is 77.7 Å². The van der Waals surface area contributed by atoms with Gasteiger partial charge in [0.1, 0.15) is 0 Å². The maximum absolute atomic E-state index is 14.1. The topological polar surface area (TPSA) is 46.6 Å². The van der Waals surface area contributed by atoms with E-state index < -0.39 is 15.8 Å². The molecule has 0 saturated heterocycles. The molecule has 27 heavy (non-hydrogen) atoms. The van der Waals surface area contributed by atoms with Crippen molar-refractivity contribution in [2.75, 3.05) is 11.4 Å². The second kappa shape index (κ2) is 7.80. The minimum atomic E-state index is -3.82. The number of para-hydroxylation sites is 1. The molecule has 0 N–H and O–H groups in total. The van der Waals surface area contributed by atoms with Gasteiger partial charge in [0.15, 0.2) is 11.6 Å². The number of hydrogen-bond acceptors (Lipinski definition) is 3. The zero-order valence-electron chi connectivity index (χ0n) is 15.1. The number of halogens is 1. The van der Waals surface area contributed by atoms with Crippen molar-refractivity contribution < 1.29 is 17.5 Å². The maximum atomic E-state index is 14.1. The van der Waals surface area contributed by atoms with Gasteiger partial charge < -0.3 is 4.74 Å². The van der Waals surface area contributed by atoms with E-state index >= 15 is 0 Å². The van der Waals surface area contributed by atoms with Crippen LogP contribution in [0.2, 0.25) is 0 Å². The largest absolute Gasteiger partial charge is 0.494 e. The van der Waals surface area contributed by atoms with E-state index in [1.807, 2.05) is 13.0 Å². The maximum Gasteiger partial charge on any atom is 0.264 e. The number of hydrogen-bond donors (Lipinski definition) is 0. The number of ether oxygens (including phenoxy) is 1. The Kier molecular flexibility index (Phi) is 5.46. The molecule has 0 unspecified atom stereocenters. The summed E-state index contributed by atoms with van der Waals surface area (Å²) in [6.45, 7) is 1.90. The van der Waals surface area contributed by atoms with Crippen molar-refractivity contribution >= 4 is 15.7 Å². The normalized spacial score (nSPS) is 11.2. The molecule has 0 spiro atoms. The lowest BCUT2D eigenvalue weighted by Crippen LogP contribution is -2.30. The number of nitrogens with zero attached hydrogens (tertiary/aromatic N) is 1. The Hall–Kier alpha value is -2.86. The molecule has 0 radical (unpaired) electrons. The van der Waals surface area contributed by atoms with E-state index in [1.165, 1.54) is 23.5 Å². The first-order chi connectivity index (χ1) is 12.9. The van der Waals surface area contributed by atoms with Crippen LogP contribution in [-0.2, 0) is 16.6 Å². The van der Waals surface area contributed by atoms with Gasteiger partial charge in [-0.15, -0.1) is 0 Å². The zero-order valence-corrected chi connectivity index (χ0v) is 15.9. The predicted molar refractivity (Wildman–Crippen MR) is 104 cm³/mol. The summed E-state index contributed by atoms with van der Waals surface area (Å²) in [5.41, 5.74) is 2.00. The molecule has 0 bridgehead atoms. The number of sulfonamides is 1. The van der Waals surface area contributed by atoms with Gasteiger partial charge in [0.2, 0.25) is 0 Å². The lowest BCUT2D eigenvalue weighted by Gasteiger charge is -2.25. The number of aryl methyl sites for hydroxylation is 1. The van der Waals surface area contributed by atoms with E-state index in [9.17, 15) is 12.8 Å². The Balaban J connectivity index is 2.04. The molecule has 6 heteroatoms. The molecule has 0 atom stereocenters. The van der Waals surface area contributed by atoms with Crippen molar-refractivity contribution in [3.05, 3.63) is 89.7 Å². The highest BCUT2D eigenvalue weighted by Crippen LogP contribution is 2.27. The van der Waals surface area contributed by atoms with E-state index in [4.69, 9.17) is 4.74 Å². The summed E-state index contributed by atoms with van der Waals surface area (Å²) in [6, 6.07) is 19.9. The number of benzene rings is 3. The average molecular weight is 385 g/mol. The van der Waals surface area contributed by atoms with Crippen LogP contribution < -0.4 is 9.04 Å². The predicted octanol–water partition coefficient (Wildman–Crippen LogP) is 4.54. The molecule has 3 aromatic rings. The van der Waals surface area contributed by atoms with Gasteiger partial charge >= 0.3 is 0 Å². The van der Waals surface area contributed by atoms with Crippen LogP contribution >= 0.6 is 0 Å². The highest BCUT2D eigenvalue weighted by atomic mass is 32.2. The standard InChI is InChI=1S/C21H20FNO3S/c1-16-8-11-19(12-9-16)27(24,25)23(18-6-4-3-5-7-18)15-17-10-13-21(26-2)20(22)14-17/h3-14H,15H2,1-2H3. The molecule has 140 valence electrons. The third-order valence-corrected chi connectivity index (χ3v) is 5.98. The minimum absolute atomic E-state index is 0.00113. The highest BCUT2D eigenvalue weighted by Gasteiger charge is 2.25. The second-order valence-electron chi connectivity index (χ2n) is 6.13. The lowest BCUT2D eigenvalue weighted by atomic mass is 10.2. The third kappa shape index (κ3) is 4.11. The zero-order chi connectivity index (χ0) is 19.4.